The third-order valence-electron chi connectivity index (χ3n) is 3.89. The number of rotatable bonds is 5. The molecule has 1 aliphatic heterocycles. The molecule has 3 rings (SSSR count). The molecule has 0 bridgehead atoms. The number of imide groups is 1. The van der Waals surface area contributed by atoms with Crippen molar-refractivity contribution in [1.82, 2.24) is 10.2 Å². The van der Waals surface area contributed by atoms with Crippen LogP contribution in [0.4, 0.5) is 10.5 Å². The van der Waals surface area contributed by atoms with E-state index in [1.807, 2.05) is 0 Å². The number of carbonyl (C=O) groups excluding carboxylic acids is 3. The highest BCUT2D eigenvalue weighted by Crippen LogP contribution is 2.21. The lowest BCUT2D eigenvalue weighted by molar-refractivity contribution is 0.0656. The maximum absolute atomic E-state index is 12.2. The first kappa shape index (κ1) is 18.5. The lowest BCUT2D eigenvalue weighted by Crippen LogP contribution is -2.39. The summed E-state index contributed by atoms with van der Waals surface area (Å²) in [6.45, 7) is 0.000116. The van der Waals surface area contributed by atoms with Crippen molar-refractivity contribution in [3.8, 4) is 0 Å². The van der Waals surface area contributed by atoms with Crippen LogP contribution in [-0.4, -0.2) is 48.8 Å². The normalized spacial score (nSPS) is 13.4. The van der Waals surface area contributed by atoms with Crippen molar-refractivity contribution in [3.05, 3.63) is 59.7 Å². The van der Waals surface area contributed by atoms with E-state index < -0.39 is 28.0 Å². The summed E-state index contributed by atoms with van der Waals surface area (Å²) in [5, 5.41) is 4.88. The highest BCUT2D eigenvalue weighted by molar-refractivity contribution is 7.85. The molecule has 3 N–H and O–H groups in total. The van der Waals surface area contributed by atoms with Crippen LogP contribution >= 0.6 is 0 Å². The molecular weight excluding hydrogens is 374 g/mol. The highest BCUT2D eigenvalue weighted by Gasteiger charge is 2.34. The van der Waals surface area contributed by atoms with Gasteiger partial charge in [0, 0.05) is 18.8 Å². The van der Waals surface area contributed by atoms with Crippen molar-refractivity contribution < 1.29 is 27.4 Å². The number of benzene rings is 2. The molecule has 1 heterocycles. The molecule has 0 atom stereocenters. The summed E-state index contributed by atoms with van der Waals surface area (Å²) in [5.74, 6) is -0.836. The number of nitrogens with zero attached hydrogens (tertiary/aromatic N) is 1. The first-order chi connectivity index (χ1) is 12.8. The Kier molecular flexibility index (Phi) is 4.93. The molecule has 10 heteroatoms. The zero-order valence-electron chi connectivity index (χ0n) is 13.9. The molecule has 0 fully saturated rings. The van der Waals surface area contributed by atoms with E-state index in [1.54, 1.807) is 24.3 Å². The maximum Gasteiger partial charge on any atom is 0.319 e. The van der Waals surface area contributed by atoms with E-state index in [0.717, 1.165) is 11.0 Å². The zero-order chi connectivity index (χ0) is 19.6. The Morgan fingerprint density at radius 1 is 1.00 bits per heavy atom. The average molecular weight is 389 g/mol. The molecule has 0 saturated carbocycles. The number of nitrogens with one attached hydrogen (secondary N) is 2. The number of hydrogen-bond acceptors (Lipinski definition) is 5. The number of fused-ring (bicyclic) bond motifs is 1. The maximum atomic E-state index is 12.2. The van der Waals surface area contributed by atoms with Gasteiger partial charge in [-0.05, 0) is 30.3 Å². The van der Waals surface area contributed by atoms with E-state index >= 15 is 0 Å². The molecule has 0 unspecified atom stereocenters. The minimum absolute atomic E-state index is 0.00910. The van der Waals surface area contributed by atoms with Gasteiger partial charge in [-0.3, -0.25) is 19.0 Å². The quantitative estimate of drug-likeness (QED) is 0.522. The van der Waals surface area contributed by atoms with E-state index in [4.69, 9.17) is 4.55 Å². The van der Waals surface area contributed by atoms with Gasteiger partial charge in [-0.15, -0.1) is 0 Å². The van der Waals surface area contributed by atoms with Crippen LogP contribution in [0.5, 0.6) is 0 Å². The van der Waals surface area contributed by atoms with E-state index in [2.05, 4.69) is 10.6 Å². The fraction of sp³-hybridized carbons (Fsp3) is 0.118. The van der Waals surface area contributed by atoms with Gasteiger partial charge in [-0.2, -0.15) is 8.42 Å². The molecule has 27 heavy (non-hydrogen) atoms. The molecule has 1 aliphatic rings. The second kappa shape index (κ2) is 7.17. The number of urea groups is 1. The van der Waals surface area contributed by atoms with Crippen LogP contribution in [0.25, 0.3) is 0 Å². The Morgan fingerprint density at radius 2 is 1.63 bits per heavy atom. The second-order valence-corrected chi connectivity index (χ2v) is 7.11. The molecule has 0 aliphatic carbocycles. The van der Waals surface area contributed by atoms with E-state index in [-0.39, 0.29) is 23.7 Å². The van der Waals surface area contributed by atoms with E-state index in [0.29, 0.717) is 11.1 Å². The van der Waals surface area contributed by atoms with Gasteiger partial charge >= 0.3 is 6.03 Å². The Bertz CT molecular complexity index is 999. The highest BCUT2D eigenvalue weighted by atomic mass is 32.2. The van der Waals surface area contributed by atoms with Gasteiger partial charge in [0.05, 0.1) is 16.0 Å². The van der Waals surface area contributed by atoms with Gasteiger partial charge < -0.3 is 10.6 Å². The van der Waals surface area contributed by atoms with Crippen molar-refractivity contribution in [3.63, 3.8) is 0 Å². The van der Waals surface area contributed by atoms with Crippen LogP contribution in [0.1, 0.15) is 20.7 Å². The first-order valence-corrected chi connectivity index (χ1v) is 9.29. The number of hydrogen-bond donors (Lipinski definition) is 3. The molecule has 4 amide bonds. The minimum Gasteiger partial charge on any atom is -0.336 e. The Morgan fingerprint density at radius 3 is 2.22 bits per heavy atom. The lowest BCUT2D eigenvalue weighted by Gasteiger charge is -2.14. The fourth-order valence-corrected chi connectivity index (χ4v) is 3.16. The molecule has 0 radical (unpaired) electrons. The van der Waals surface area contributed by atoms with Gasteiger partial charge in [0.15, 0.2) is 0 Å². The van der Waals surface area contributed by atoms with Gasteiger partial charge in [-0.1, -0.05) is 18.2 Å². The van der Waals surface area contributed by atoms with Crippen LogP contribution in [0.3, 0.4) is 0 Å². The van der Waals surface area contributed by atoms with Crippen LogP contribution in [0.2, 0.25) is 0 Å². The molecule has 9 nitrogen and oxygen atoms in total. The minimum atomic E-state index is -4.38. The zero-order valence-corrected chi connectivity index (χ0v) is 14.7. The summed E-state index contributed by atoms with van der Waals surface area (Å²) in [6.07, 6.45) is 0. The summed E-state index contributed by atoms with van der Waals surface area (Å²) in [5.41, 5.74) is 0.811. The van der Waals surface area contributed by atoms with Crippen molar-refractivity contribution in [2.24, 2.45) is 0 Å². The van der Waals surface area contributed by atoms with Gasteiger partial charge in [-0.25, -0.2) is 4.79 Å². The predicted molar refractivity (Wildman–Crippen MR) is 95.1 cm³/mol. The molecule has 0 aromatic heterocycles. The predicted octanol–water partition coefficient (Wildman–Crippen LogP) is 1.35. The summed E-state index contributed by atoms with van der Waals surface area (Å²) in [7, 11) is -4.38. The van der Waals surface area contributed by atoms with Crippen molar-refractivity contribution >= 4 is 33.7 Å². The van der Waals surface area contributed by atoms with Crippen LogP contribution in [0.15, 0.2) is 53.4 Å². The topological polar surface area (TPSA) is 133 Å². The fourth-order valence-electron chi connectivity index (χ4n) is 2.63. The largest absolute Gasteiger partial charge is 0.336 e. The van der Waals surface area contributed by atoms with Crippen LogP contribution in [0, 0.1) is 0 Å². The molecule has 0 saturated heterocycles. The van der Waals surface area contributed by atoms with E-state index in [1.165, 1.54) is 18.2 Å². The van der Waals surface area contributed by atoms with Gasteiger partial charge in [0.2, 0.25) is 0 Å². The van der Waals surface area contributed by atoms with Crippen LogP contribution in [-0.2, 0) is 10.1 Å². The summed E-state index contributed by atoms with van der Waals surface area (Å²) < 4.78 is 31.2. The smallest absolute Gasteiger partial charge is 0.319 e. The standard InChI is InChI=1S/C17H15N3O6S/c21-15-13-6-1-2-7-14(13)16(22)20(15)9-8-18-17(23)19-11-4-3-5-12(10-11)27(24,25)26/h1-7,10H,8-9H2,(H2,18,19,23)(H,24,25,26). The van der Waals surface area contributed by atoms with Crippen LogP contribution < -0.4 is 10.6 Å². The number of amides is 4. The monoisotopic (exact) mass is 389 g/mol. The second-order valence-electron chi connectivity index (χ2n) is 5.69. The average Bonchev–Trinajstić information content (AvgIpc) is 2.86. The van der Waals surface area contributed by atoms with Gasteiger partial charge in [0.1, 0.15) is 0 Å². The molecule has 140 valence electrons. The third-order valence-corrected chi connectivity index (χ3v) is 4.74. The van der Waals surface area contributed by atoms with Crippen molar-refractivity contribution in [1.29, 1.82) is 0 Å². The summed E-state index contributed by atoms with van der Waals surface area (Å²) in [6, 6.07) is 10.9. The van der Waals surface area contributed by atoms with Gasteiger partial charge in [0.25, 0.3) is 21.9 Å². The summed E-state index contributed by atoms with van der Waals surface area (Å²) in [4.78, 5) is 37.0. The summed E-state index contributed by atoms with van der Waals surface area (Å²) >= 11 is 0. The third kappa shape index (κ3) is 3.96. The molecule has 2 aromatic carbocycles. The first-order valence-electron chi connectivity index (χ1n) is 7.85. The van der Waals surface area contributed by atoms with E-state index in [9.17, 15) is 22.8 Å². The molecule has 0 spiro atoms. The number of carbonyl (C=O) groups is 3. The van der Waals surface area contributed by atoms with Crippen molar-refractivity contribution in [2.45, 2.75) is 4.90 Å². The Hall–Kier alpha value is -3.24. The Labute approximate surface area is 154 Å². The lowest BCUT2D eigenvalue weighted by atomic mass is 10.1. The molecule has 2 aromatic rings. The van der Waals surface area contributed by atoms with Crippen molar-refractivity contribution in [2.75, 3.05) is 18.4 Å². The number of anilines is 1. The molecular formula is C17H15N3O6S. The Balaban J connectivity index is 1.55. The SMILES string of the molecule is O=C(NCCN1C(=O)c2ccccc2C1=O)Nc1cccc(S(=O)(=O)O)c1.